The minimum atomic E-state index is -0.218. The zero-order chi connectivity index (χ0) is 19.0. The number of aromatic amines is 1. The molecule has 0 saturated carbocycles. The van der Waals surface area contributed by atoms with Crippen molar-refractivity contribution >= 4 is 34.3 Å². The third kappa shape index (κ3) is 3.45. The predicted molar refractivity (Wildman–Crippen MR) is 103 cm³/mol. The molecular weight excluding hydrogens is 366 g/mol. The van der Waals surface area contributed by atoms with Gasteiger partial charge in [0.05, 0.1) is 11.3 Å². The molecular formula is C20H20ClN3O3. The number of aryl methyl sites for hydroxylation is 1. The van der Waals surface area contributed by atoms with Crippen molar-refractivity contribution in [3.05, 3.63) is 58.6 Å². The van der Waals surface area contributed by atoms with Crippen LogP contribution in [0.25, 0.3) is 10.9 Å². The van der Waals surface area contributed by atoms with E-state index < -0.39 is 0 Å². The van der Waals surface area contributed by atoms with E-state index in [1.54, 1.807) is 17.0 Å². The number of benzene rings is 1. The van der Waals surface area contributed by atoms with Gasteiger partial charge in [0.2, 0.25) is 0 Å². The van der Waals surface area contributed by atoms with Gasteiger partial charge in [-0.3, -0.25) is 9.59 Å². The summed E-state index contributed by atoms with van der Waals surface area (Å²) in [4.78, 5) is 29.8. The maximum absolute atomic E-state index is 12.7. The molecule has 6 nitrogen and oxygen atoms in total. The number of carbonyl (C=O) groups is 2. The molecule has 1 saturated heterocycles. The van der Waals surface area contributed by atoms with Gasteiger partial charge in [-0.1, -0.05) is 23.2 Å². The Balaban J connectivity index is 1.40. The number of aromatic nitrogens is 1. The van der Waals surface area contributed by atoms with E-state index in [0.29, 0.717) is 42.4 Å². The number of likely N-dealkylation sites (tertiary alicyclic amines) is 1. The molecule has 140 valence electrons. The van der Waals surface area contributed by atoms with Crippen molar-refractivity contribution in [1.82, 2.24) is 15.2 Å². The van der Waals surface area contributed by atoms with Gasteiger partial charge in [0.15, 0.2) is 5.76 Å². The van der Waals surface area contributed by atoms with Gasteiger partial charge in [-0.05, 0) is 44.0 Å². The van der Waals surface area contributed by atoms with Gasteiger partial charge in [-0.2, -0.15) is 0 Å². The van der Waals surface area contributed by atoms with Crippen LogP contribution in [0.2, 0.25) is 5.02 Å². The molecule has 4 rings (SSSR count). The molecule has 2 N–H and O–H groups in total. The molecule has 0 bridgehead atoms. The lowest BCUT2D eigenvalue weighted by molar-refractivity contribution is 0.0667. The number of fused-ring (bicyclic) bond motifs is 1. The number of H-pyrrole nitrogens is 1. The van der Waals surface area contributed by atoms with Gasteiger partial charge in [-0.25, -0.2) is 0 Å². The molecule has 0 spiro atoms. The quantitative estimate of drug-likeness (QED) is 0.720. The Morgan fingerprint density at radius 3 is 2.74 bits per heavy atom. The van der Waals surface area contributed by atoms with Crippen molar-refractivity contribution < 1.29 is 14.0 Å². The second-order valence-electron chi connectivity index (χ2n) is 6.88. The highest BCUT2D eigenvalue weighted by molar-refractivity contribution is 6.38. The van der Waals surface area contributed by atoms with Crippen LogP contribution in [0.3, 0.4) is 0 Å². The first-order chi connectivity index (χ1) is 13.0. The van der Waals surface area contributed by atoms with E-state index >= 15 is 0 Å². The summed E-state index contributed by atoms with van der Waals surface area (Å²) in [5, 5.41) is 4.32. The first-order valence-corrected chi connectivity index (χ1v) is 9.32. The average molecular weight is 386 g/mol. The molecule has 1 aliphatic rings. The third-order valence-electron chi connectivity index (χ3n) is 4.97. The van der Waals surface area contributed by atoms with E-state index in [-0.39, 0.29) is 17.9 Å². The highest BCUT2D eigenvalue weighted by Gasteiger charge is 2.27. The van der Waals surface area contributed by atoms with Crippen LogP contribution in [0.4, 0.5) is 0 Å². The zero-order valence-corrected chi connectivity index (χ0v) is 15.7. The minimum Gasteiger partial charge on any atom is -0.459 e. The van der Waals surface area contributed by atoms with Crippen LogP contribution < -0.4 is 5.32 Å². The summed E-state index contributed by atoms with van der Waals surface area (Å²) in [6.45, 7) is 3.13. The molecule has 0 radical (unpaired) electrons. The van der Waals surface area contributed by atoms with Gasteiger partial charge >= 0.3 is 0 Å². The third-order valence-corrected chi connectivity index (χ3v) is 5.36. The molecule has 0 unspecified atom stereocenters. The second-order valence-corrected chi connectivity index (χ2v) is 7.26. The van der Waals surface area contributed by atoms with E-state index in [1.807, 2.05) is 25.1 Å². The molecule has 1 aromatic carbocycles. The number of hydrogen-bond donors (Lipinski definition) is 2. The van der Waals surface area contributed by atoms with E-state index in [4.69, 9.17) is 16.0 Å². The normalized spacial score (nSPS) is 15.3. The molecule has 0 atom stereocenters. The molecule has 3 aromatic rings. The van der Waals surface area contributed by atoms with Crippen molar-refractivity contribution in [2.75, 3.05) is 13.1 Å². The summed E-state index contributed by atoms with van der Waals surface area (Å²) in [6.07, 6.45) is 2.87. The number of nitrogens with zero attached hydrogens (tertiary/aromatic N) is 1. The Morgan fingerprint density at radius 2 is 2.04 bits per heavy atom. The number of rotatable bonds is 3. The van der Waals surface area contributed by atoms with Crippen molar-refractivity contribution in [2.45, 2.75) is 25.8 Å². The monoisotopic (exact) mass is 385 g/mol. The highest BCUT2D eigenvalue weighted by atomic mass is 35.5. The van der Waals surface area contributed by atoms with Crippen LogP contribution in [-0.2, 0) is 0 Å². The van der Waals surface area contributed by atoms with Gasteiger partial charge in [0.1, 0.15) is 5.69 Å². The number of piperidine rings is 1. The van der Waals surface area contributed by atoms with Crippen LogP contribution in [-0.4, -0.2) is 40.8 Å². The molecule has 2 aromatic heterocycles. The lowest BCUT2D eigenvalue weighted by Crippen LogP contribution is -2.46. The van der Waals surface area contributed by atoms with Crippen molar-refractivity contribution in [2.24, 2.45) is 0 Å². The Kier molecular flexibility index (Phi) is 4.66. The Bertz CT molecular complexity index is 985. The molecule has 1 aliphatic heterocycles. The molecule has 3 heterocycles. The van der Waals surface area contributed by atoms with Crippen LogP contribution >= 0.6 is 11.6 Å². The molecule has 1 fully saturated rings. The Morgan fingerprint density at radius 1 is 1.26 bits per heavy atom. The van der Waals surface area contributed by atoms with E-state index in [2.05, 4.69) is 10.3 Å². The summed E-state index contributed by atoms with van der Waals surface area (Å²) < 4.78 is 5.17. The van der Waals surface area contributed by atoms with Crippen molar-refractivity contribution in [1.29, 1.82) is 0 Å². The van der Waals surface area contributed by atoms with Gasteiger partial charge in [0, 0.05) is 30.0 Å². The molecule has 7 heteroatoms. The minimum absolute atomic E-state index is 0.00219. The topological polar surface area (TPSA) is 78.3 Å². The largest absolute Gasteiger partial charge is 0.459 e. The first-order valence-electron chi connectivity index (χ1n) is 8.94. The van der Waals surface area contributed by atoms with Gasteiger partial charge < -0.3 is 19.6 Å². The summed E-state index contributed by atoms with van der Waals surface area (Å²) in [5.74, 6) is 0.0149. The van der Waals surface area contributed by atoms with Crippen LogP contribution in [0.1, 0.15) is 39.4 Å². The average Bonchev–Trinajstić information content (AvgIpc) is 3.31. The van der Waals surface area contributed by atoms with Gasteiger partial charge in [0.25, 0.3) is 11.8 Å². The van der Waals surface area contributed by atoms with E-state index in [9.17, 15) is 9.59 Å². The SMILES string of the molecule is Cc1ccc2[nH]c(C(=O)NC3CCN(C(=O)c4ccco4)CC3)c(Cl)c2c1. The zero-order valence-electron chi connectivity index (χ0n) is 14.9. The molecule has 0 aliphatic carbocycles. The fourth-order valence-corrected chi connectivity index (χ4v) is 3.76. The number of nitrogens with one attached hydrogen (secondary N) is 2. The Labute approximate surface area is 161 Å². The number of carbonyl (C=O) groups excluding carboxylic acids is 2. The van der Waals surface area contributed by atoms with E-state index in [1.165, 1.54) is 6.26 Å². The first kappa shape index (κ1) is 17.7. The summed E-state index contributed by atoms with van der Waals surface area (Å²) >= 11 is 6.41. The maximum Gasteiger partial charge on any atom is 0.289 e. The van der Waals surface area contributed by atoms with Crippen molar-refractivity contribution in [3.63, 3.8) is 0 Å². The summed E-state index contributed by atoms with van der Waals surface area (Å²) in [6, 6.07) is 9.22. The highest BCUT2D eigenvalue weighted by Crippen LogP contribution is 2.28. The van der Waals surface area contributed by atoms with Crippen LogP contribution in [0.5, 0.6) is 0 Å². The maximum atomic E-state index is 12.7. The number of amides is 2. The fourth-order valence-electron chi connectivity index (χ4n) is 3.47. The van der Waals surface area contributed by atoms with Crippen molar-refractivity contribution in [3.8, 4) is 0 Å². The standard InChI is InChI=1S/C20H20ClN3O3/c1-12-4-5-15-14(11-12)17(21)18(23-15)19(25)22-13-6-8-24(9-7-13)20(26)16-3-2-10-27-16/h2-5,10-11,13,23H,6-9H2,1H3,(H,22,25). The van der Waals surface area contributed by atoms with Crippen LogP contribution in [0, 0.1) is 6.92 Å². The fraction of sp³-hybridized carbons (Fsp3) is 0.300. The predicted octanol–water partition coefficient (Wildman–Crippen LogP) is 3.76. The van der Waals surface area contributed by atoms with Crippen LogP contribution in [0.15, 0.2) is 41.0 Å². The number of furan rings is 1. The smallest absolute Gasteiger partial charge is 0.289 e. The van der Waals surface area contributed by atoms with E-state index in [0.717, 1.165) is 16.5 Å². The number of halogens is 1. The second kappa shape index (κ2) is 7.12. The molecule has 27 heavy (non-hydrogen) atoms. The Hall–Kier alpha value is -2.73. The molecule has 2 amide bonds. The summed E-state index contributed by atoms with van der Waals surface area (Å²) in [7, 11) is 0. The lowest BCUT2D eigenvalue weighted by Gasteiger charge is -2.31. The van der Waals surface area contributed by atoms with Gasteiger partial charge in [-0.15, -0.1) is 0 Å². The summed E-state index contributed by atoms with van der Waals surface area (Å²) in [5.41, 5.74) is 2.31. The number of hydrogen-bond acceptors (Lipinski definition) is 3. The lowest BCUT2D eigenvalue weighted by atomic mass is 10.0.